The number of hydrogen-bond acceptors (Lipinski definition) is 5. The summed E-state index contributed by atoms with van der Waals surface area (Å²) in [7, 11) is 0. The van der Waals surface area contributed by atoms with E-state index in [0.717, 1.165) is 23.9 Å². The van der Waals surface area contributed by atoms with Crippen LogP contribution in [0.1, 0.15) is 12.8 Å². The van der Waals surface area contributed by atoms with Crippen LogP contribution in [0.4, 0.5) is 0 Å². The summed E-state index contributed by atoms with van der Waals surface area (Å²) in [5.41, 5.74) is 1.76. The topological polar surface area (TPSA) is 76.5 Å². The molecular formula is C18H22N4O3S. The average Bonchev–Trinajstić information content (AvgIpc) is 3.41. The summed E-state index contributed by atoms with van der Waals surface area (Å²) >= 11 is 1.38. The Kier molecular flexibility index (Phi) is 5.12. The Hall–Kier alpha value is -2.06. The first kappa shape index (κ1) is 17.4. The molecule has 26 heavy (non-hydrogen) atoms. The zero-order chi connectivity index (χ0) is 17.9. The van der Waals surface area contributed by atoms with E-state index in [0.29, 0.717) is 43.3 Å². The first-order valence-corrected chi connectivity index (χ1v) is 9.92. The molecule has 0 atom stereocenters. The van der Waals surface area contributed by atoms with Crippen molar-refractivity contribution in [2.75, 3.05) is 32.1 Å². The third-order valence-corrected chi connectivity index (χ3v) is 5.53. The van der Waals surface area contributed by atoms with Crippen molar-refractivity contribution in [2.24, 2.45) is 0 Å². The summed E-state index contributed by atoms with van der Waals surface area (Å²) in [5.74, 6) is 0.391. The van der Waals surface area contributed by atoms with Crippen LogP contribution in [0.3, 0.4) is 0 Å². The number of morpholine rings is 1. The largest absolute Gasteiger partial charge is 0.378 e. The number of fused-ring (bicyclic) bond motifs is 1. The Morgan fingerprint density at radius 1 is 1.23 bits per heavy atom. The number of thioether (sulfide) groups is 1. The minimum absolute atomic E-state index is 0.0237. The SMILES string of the molecule is O=C(CSc1nc2ccccc2n1CC(=O)N1CCOCC1)NC1CC1. The fourth-order valence-electron chi connectivity index (χ4n) is 2.99. The Labute approximate surface area is 156 Å². The van der Waals surface area contributed by atoms with Gasteiger partial charge in [0.15, 0.2) is 5.16 Å². The van der Waals surface area contributed by atoms with Gasteiger partial charge in [0, 0.05) is 19.1 Å². The van der Waals surface area contributed by atoms with Crippen molar-refractivity contribution >= 4 is 34.6 Å². The lowest BCUT2D eigenvalue weighted by Crippen LogP contribution is -2.42. The first-order valence-electron chi connectivity index (χ1n) is 8.93. The fraction of sp³-hybridized carbons (Fsp3) is 0.500. The van der Waals surface area contributed by atoms with Crippen LogP contribution in [-0.2, 0) is 20.9 Å². The smallest absolute Gasteiger partial charge is 0.242 e. The molecule has 0 spiro atoms. The molecule has 138 valence electrons. The summed E-state index contributed by atoms with van der Waals surface area (Å²) in [6.45, 7) is 2.64. The first-order chi connectivity index (χ1) is 12.7. The minimum atomic E-state index is 0.0237. The van der Waals surface area contributed by atoms with E-state index in [2.05, 4.69) is 10.3 Å². The van der Waals surface area contributed by atoms with Crippen LogP contribution in [0.5, 0.6) is 0 Å². The molecule has 0 radical (unpaired) electrons. The molecule has 8 heteroatoms. The van der Waals surface area contributed by atoms with Crippen LogP contribution < -0.4 is 5.32 Å². The molecule has 1 aliphatic carbocycles. The predicted octanol–water partition coefficient (Wildman–Crippen LogP) is 1.27. The summed E-state index contributed by atoms with van der Waals surface area (Å²) < 4.78 is 7.24. The van der Waals surface area contributed by atoms with Crippen LogP contribution in [-0.4, -0.2) is 64.4 Å². The van der Waals surface area contributed by atoms with E-state index < -0.39 is 0 Å². The van der Waals surface area contributed by atoms with E-state index in [-0.39, 0.29) is 18.4 Å². The van der Waals surface area contributed by atoms with E-state index in [1.165, 1.54) is 11.8 Å². The number of nitrogens with one attached hydrogen (secondary N) is 1. The summed E-state index contributed by atoms with van der Waals surface area (Å²) in [4.78, 5) is 31.1. The second-order valence-electron chi connectivity index (χ2n) is 6.59. The monoisotopic (exact) mass is 374 g/mol. The zero-order valence-corrected chi connectivity index (χ0v) is 15.3. The second kappa shape index (κ2) is 7.67. The number of ether oxygens (including phenoxy) is 1. The van der Waals surface area contributed by atoms with Gasteiger partial charge < -0.3 is 19.5 Å². The molecule has 1 N–H and O–H groups in total. The number of carbonyl (C=O) groups excluding carboxylic acids is 2. The lowest BCUT2D eigenvalue weighted by Gasteiger charge is -2.27. The molecule has 2 aliphatic rings. The number of imidazole rings is 1. The van der Waals surface area contributed by atoms with Gasteiger partial charge in [-0.25, -0.2) is 4.98 Å². The molecule has 2 aromatic rings. The van der Waals surface area contributed by atoms with Gasteiger partial charge in [-0.1, -0.05) is 23.9 Å². The minimum Gasteiger partial charge on any atom is -0.378 e. The molecule has 1 aromatic carbocycles. The van der Waals surface area contributed by atoms with Gasteiger partial charge in [0.1, 0.15) is 6.54 Å². The maximum Gasteiger partial charge on any atom is 0.242 e. The fourth-order valence-corrected chi connectivity index (χ4v) is 3.82. The molecular weight excluding hydrogens is 352 g/mol. The molecule has 2 fully saturated rings. The standard InChI is InChI=1S/C18H22N4O3S/c23-16(19-13-5-6-13)12-26-18-20-14-3-1-2-4-15(14)22(18)11-17(24)21-7-9-25-10-8-21/h1-4,13H,5-12H2,(H,19,23). The van der Waals surface area contributed by atoms with Crippen molar-refractivity contribution < 1.29 is 14.3 Å². The molecule has 1 aromatic heterocycles. The highest BCUT2D eigenvalue weighted by molar-refractivity contribution is 7.99. The molecule has 0 unspecified atom stereocenters. The molecule has 4 rings (SSSR count). The Balaban J connectivity index is 1.50. The summed E-state index contributed by atoms with van der Waals surface area (Å²) in [6.07, 6.45) is 2.14. The molecule has 2 heterocycles. The summed E-state index contributed by atoms with van der Waals surface area (Å²) in [5, 5.41) is 3.69. The molecule has 7 nitrogen and oxygen atoms in total. The maximum atomic E-state index is 12.7. The number of carbonyl (C=O) groups is 2. The van der Waals surface area contributed by atoms with E-state index >= 15 is 0 Å². The Morgan fingerprint density at radius 2 is 2.00 bits per heavy atom. The van der Waals surface area contributed by atoms with Crippen molar-refractivity contribution in [1.82, 2.24) is 19.8 Å². The van der Waals surface area contributed by atoms with E-state index in [9.17, 15) is 9.59 Å². The number of benzene rings is 1. The Morgan fingerprint density at radius 3 is 2.77 bits per heavy atom. The van der Waals surface area contributed by atoms with Gasteiger partial charge in [0.25, 0.3) is 0 Å². The third-order valence-electron chi connectivity index (χ3n) is 4.55. The zero-order valence-electron chi connectivity index (χ0n) is 14.5. The van der Waals surface area contributed by atoms with Crippen LogP contribution in [0, 0.1) is 0 Å². The average molecular weight is 374 g/mol. The lowest BCUT2D eigenvalue weighted by atomic mass is 10.3. The predicted molar refractivity (Wildman–Crippen MR) is 99.0 cm³/mol. The highest BCUT2D eigenvalue weighted by Gasteiger charge is 2.24. The number of hydrogen-bond donors (Lipinski definition) is 1. The van der Waals surface area contributed by atoms with Crippen molar-refractivity contribution in [3.8, 4) is 0 Å². The quantitative estimate of drug-likeness (QED) is 0.771. The van der Waals surface area contributed by atoms with Crippen LogP contribution in [0.2, 0.25) is 0 Å². The molecule has 1 saturated carbocycles. The van der Waals surface area contributed by atoms with Crippen molar-refractivity contribution in [3.63, 3.8) is 0 Å². The highest BCUT2D eigenvalue weighted by atomic mass is 32.2. The maximum absolute atomic E-state index is 12.7. The van der Waals surface area contributed by atoms with E-state index in [1.54, 1.807) is 0 Å². The summed E-state index contributed by atoms with van der Waals surface area (Å²) in [6, 6.07) is 8.11. The number of rotatable bonds is 6. The van der Waals surface area contributed by atoms with Gasteiger partial charge in [-0.15, -0.1) is 0 Å². The van der Waals surface area contributed by atoms with Crippen LogP contribution in [0.25, 0.3) is 11.0 Å². The highest BCUT2D eigenvalue weighted by Crippen LogP contribution is 2.25. The van der Waals surface area contributed by atoms with Gasteiger partial charge in [0.2, 0.25) is 11.8 Å². The van der Waals surface area contributed by atoms with Crippen molar-refractivity contribution in [3.05, 3.63) is 24.3 Å². The number of para-hydroxylation sites is 2. The lowest BCUT2D eigenvalue weighted by molar-refractivity contribution is -0.135. The van der Waals surface area contributed by atoms with Crippen LogP contribution >= 0.6 is 11.8 Å². The second-order valence-corrected chi connectivity index (χ2v) is 7.54. The Bertz CT molecular complexity index is 812. The van der Waals surface area contributed by atoms with Gasteiger partial charge in [-0.3, -0.25) is 9.59 Å². The molecule has 2 amide bonds. The molecule has 1 aliphatic heterocycles. The number of nitrogens with zero attached hydrogens (tertiary/aromatic N) is 3. The van der Waals surface area contributed by atoms with Gasteiger partial charge in [0.05, 0.1) is 30.0 Å². The number of aromatic nitrogens is 2. The normalized spacial score (nSPS) is 17.5. The third kappa shape index (κ3) is 4.02. The van der Waals surface area contributed by atoms with Gasteiger partial charge in [-0.05, 0) is 25.0 Å². The van der Waals surface area contributed by atoms with E-state index in [4.69, 9.17) is 4.74 Å². The van der Waals surface area contributed by atoms with Gasteiger partial charge in [-0.2, -0.15) is 0 Å². The molecule has 1 saturated heterocycles. The van der Waals surface area contributed by atoms with Gasteiger partial charge >= 0.3 is 0 Å². The van der Waals surface area contributed by atoms with Crippen molar-refractivity contribution in [1.29, 1.82) is 0 Å². The molecule has 0 bridgehead atoms. The van der Waals surface area contributed by atoms with Crippen LogP contribution in [0.15, 0.2) is 29.4 Å². The number of amides is 2. The van der Waals surface area contributed by atoms with E-state index in [1.807, 2.05) is 33.7 Å². The van der Waals surface area contributed by atoms with Crippen molar-refractivity contribution in [2.45, 2.75) is 30.6 Å².